The number of anilines is 1. The highest BCUT2D eigenvalue weighted by Crippen LogP contribution is 2.28. The van der Waals surface area contributed by atoms with Gasteiger partial charge in [-0.1, -0.05) is 18.2 Å². The molecule has 0 bridgehead atoms. The first kappa shape index (κ1) is 16.5. The maximum Gasteiger partial charge on any atom is 0.453 e. The lowest BCUT2D eigenvalue weighted by atomic mass is 10.1. The molecule has 1 heterocycles. The Morgan fingerprint density at radius 3 is 2.48 bits per heavy atom. The van der Waals surface area contributed by atoms with Crippen LogP contribution in [0.15, 0.2) is 36.9 Å². The molecule has 0 aliphatic carbocycles. The molecule has 8 heteroatoms. The van der Waals surface area contributed by atoms with Gasteiger partial charge in [-0.15, -0.1) is 11.7 Å². The third kappa shape index (κ3) is 3.88. The first-order chi connectivity index (χ1) is 10.8. The number of alkyl halides is 3. The van der Waals surface area contributed by atoms with E-state index in [1.807, 2.05) is 6.07 Å². The van der Waals surface area contributed by atoms with Crippen LogP contribution in [0, 0.1) is 11.3 Å². The molecule has 5 nitrogen and oxygen atoms in total. The summed E-state index contributed by atoms with van der Waals surface area (Å²) in [6.07, 6.45) is -3.02. The highest BCUT2D eigenvalue weighted by molar-refractivity contribution is 5.37. The van der Waals surface area contributed by atoms with Crippen molar-refractivity contribution in [1.29, 1.82) is 5.26 Å². The molecule has 0 radical (unpaired) electrons. The van der Waals surface area contributed by atoms with Gasteiger partial charge in [0, 0.05) is 20.1 Å². The van der Waals surface area contributed by atoms with Crippen molar-refractivity contribution in [2.24, 2.45) is 7.05 Å². The number of aromatic nitrogens is 3. The zero-order chi connectivity index (χ0) is 17.0. The van der Waals surface area contributed by atoms with Gasteiger partial charge in [0.1, 0.15) is 0 Å². The number of benzene rings is 1. The van der Waals surface area contributed by atoms with Crippen LogP contribution in [0.3, 0.4) is 0 Å². The highest BCUT2D eigenvalue weighted by Gasteiger charge is 2.37. The fourth-order valence-electron chi connectivity index (χ4n) is 2.05. The van der Waals surface area contributed by atoms with Crippen molar-refractivity contribution in [3.8, 4) is 6.07 Å². The molecule has 0 unspecified atom stereocenters. The number of hydrogen-bond donors (Lipinski definition) is 0. The number of nitrogens with zero attached hydrogens (tertiary/aromatic N) is 5. The van der Waals surface area contributed by atoms with Crippen LogP contribution in [-0.4, -0.2) is 21.3 Å². The lowest BCUT2D eigenvalue weighted by Gasteiger charge is -2.21. The van der Waals surface area contributed by atoms with E-state index in [0.29, 0.717) is 18.7 Å². The summed E-state index contributed by atoms with van der Waals surface area (Å²) in [7, 11) is 1.41. The van der Waals surface area contributed by atoms with Gasteiger partial charge >= 0.3 is 6.18 Å². The Bertz CT molecular complexity index is 725. The summed E-state index contributed by atoms with van der Waals surface area (Å²) < 4.78 is 39.3. The molecule has 1 aromatic heterocycles. The molecule has 0 aliphatic rings. The Morgan fingerprint density at radius 1 is 1.35 bits per heavy atom. The Kier molecular flexibility index (Phi) is 4.69. The van der Waals surface area contributed by atoms with Gasteiger partial charge in [0.15, 0.2) is 0 Å². The third-order valence-corrected chi connectivity index (χ3v) is 3.08. The van der Waals surface area contributed by atoms with E-state index in [2.05, 4.69) is 16.7 Å². The first-order valence-electron chi connectivity index (χ1n) is 6.68. The lowest BCUT2D eigenvalue weighted by molar-refractivity contribution is -0.144. The van der Waals surface area contributed by atoms with Crippen molar-refractivity contribution >= 4 is 5.95 Å². The highest BCUT2D eigenvalue weighted by atomic mass is 19.4. The molecule has 0 saturated heterocycles. The summed E-state index contributed by atoms with van der Waals surface area (Å²) in [5.74, 6) is -1.08. The van der Waals surface area contributed by atoms with Crippen LogP contribution in [0.4, 0.5) is 19.1 Å². The standard InChI is InChI=1S/C15H14F3N5/c1-3-8-23(10-12-6-4-11(9-19)5-7-12)14-20-13(15(16,17)18)21-22(14)2/h3-7H,1,8,10H2,2H3. The first-order valence-corrected chi connectivity index (χ1v) is 6.68. The number of rotatable bonds is 5. The summed E-state index contributed by atoms with van der Waals surface area (Å²) in [5, 5.41) is 12.2. The number of hydrogen-bond acceptors (Lipinski definition) is 4. The largest absolute Gasteiger partial charge is 0.453 e. The third-order valence-electron chi connectivity index (χ3n) is 3.08. The average Bonchev–Trinajstić information content (AvgIpc) is 2.90. The molecular weight excluding hydrogens is 307 g/mol. The van der Waals surface area contributed by atoms with Gasteiger partial charge < -0.3 is 4.90 Å². The molecule has 0 amide bonds. The van der Waals surface area contributed by atoms with E-state index in [1.54, 1.807) is 35.2 Å². The van der Waals surface area contributed by atoms with E-state index < -0.39 is 12.0 Å². The van der Waals surface area contributed by atoms with E-state index >= 15 is 0 Å². The van der Waals surface area contributed by atoms with Crippen molar-refractivity contribution in [3.63, 3.8) is 0 Å². The predicted molar refractivity (Wildman–Crippen MR) is 78.4 cm³/mol. The van der Waals surface area contributed by atoms with Crippen LogP contribution in [0.2, 0.25) is 0 Å². The molecule has 2 aromatic rings. The smallest absolute Gasteiger partial charge is 0.333 e. The Labute approximate surface area is 131 Å². The van der Waals surface area contributed by atoms with Crippen LogP contribution in [0.1, 0.15) is 17.0 Å². The van der Waals surface area contributed by atoms with Gasteiger partial charge in [-0.25, -0.2) is 4.68 Å². The summed E-state index contributed by atoms with van der Waals surface area (Å²) >= 11 is 0. The minimum atomic E-state index is -4.59. The molecule has 1 aromatic carbocycles. The summed E-state index contributed by atoms with van der Waals surface area (Å²) in [6, 6.07) is 8.81. The van der Waals surface area contributed by atoms with Crippen molar-refractivity contribution < 1.29 is 13.2 Å². The van der Waals surface area contributed by atoms with Gasteiger partial charge in [0.2, 0.25) is 5.95 Å². The lowest BCUT2D eigenvalue weighted by Crippen LogP contribution is -2.25. The Hall–Kier alpha value is -2.82. The molecule has 0 fully saturated rings. The molecule has 0 saturated carbocycles. The second-order valence-electron chi connectivity index (χ2n) is 4.83. The maximum atomic E-state index is 12.7. The second kappa shape index (κ2) is 6.52. The molecule has 2 rings (SSSR count). The maximum absolute atomic E-state index is 12.7. The van der Waals surface area contributed by atoms with Gasteiger partial charge in [-0.2, -0.15) is 23.4 Å². The topological polar surface area (TPSA) is 57.7 Å². The monoisotopic (exact) mass is 321 g/mol. The number of nitriles is 1. The van der Waals surface area contributed by atoms with Crippen LogP contribution in [0.25, 0.3) is 0 Å². The fourth-order valence-corrected chi connectivity index (χ4v) is 2.05. The molecule has 0 aliphatic heterocycles. The molecule has 23 heavy (non-hydrogen) atoms. The number of halogens is 3. The minimum absolute atomic E-state index is 0.0987. The quantitative estimate of drug-likeness (QED) is 0.795. The van der Waals surface area contributed by atoms with E-state index in [0.717, 1.165) is 10.2 Å². The van der Waals surface area contributed by atoms with Crippen LogP contribution >= 0.6 is 0 Å². The molecular formula is C15H14F3N5. The van der Waals surface area contributed by atoms with Gasteiger partial charge in [-0.05, 0) is 17.7 Å². The summed E-state index contributed by atoms with van der Waals surface area (Å²) in [5.41, 5.74) is 1.35. The second-order valence-corrected chi connectivity index (χ2v) is 4.83. The predicted octanol–water partition coefficient (Wildman–Crippen LogP) is 2.90. The van der Waals surface area contributed by atoms with Crippen molar-refractivity contribution in [3.05, 3.63) is 53.9 Å². The molecule has 120 valence electrons. The average molecular weight is 321 g/mol. The van der Waals surface area contributed by atoms with Crippen LogP contribution in [0.5, 0.6) is 0 Å². The van der Waals surface area contributed by atoms with Crippen molar-refractivity contribution in [2.75, 3.05) is 11.4 Å². The Morgan fingerprint density at radius 2 is 2.00 bits per heavy atom. The zero-order valence-corrected chi connectivity index (χ0v) is 12.4. The summed E-state index contributed by atoms with van der Waals surface area (Å²) in [4.78, 5) is 5.20. The molecule has 0 N–H and O–H groups in total. The van der Waals surface area contributed by atoms with Gasteiger partial charge in [-0.3, -0.25) is 0 Å². The normalized spacial score (nSPS) is 11.1. The van der Waals surface area contributed by atoms with Crippen molar-refractivity contribution in [1.82, 2.24) is 14.8 Å². The van der Waals surface area contributed by atoms with E-state index in [1.165, 1.54) is 7.05 Å². The van der Waals surface area contributed by atoms with Crippen LogP contribution < -0.4 is 4.90 Å². The van der Waals surface area contributed by atoms with E-state index in [4.69, 9.17) is 5.26 Å². The van der Waals surface area contributed by atoms with Crippen molar-refractivity contribution in [2.45, 2.75) is 12.7 Å². The van der Waals surface area contributed by atoms with E-state index in [-0.39, 0.29) is 5.95 Å². The fraction of sp³-hybridized carbons (Fsp3) is 0.267. The van der Waals surface area contributed by atoms with Gasteiger partial charge in [0.05, 0.1) is 11.6 Å². The zero-order valence-electron chi connectivity index (χ0n) is 12.4. The Balaban J connectivity index is 2.29. The van der Waals surface area contributed by atoms with Crippen LogP contribution in [-0.2, 0) is 19.8 Å². The number of aryl methyl sites for hydroxylation is 1. The SMILES string of the molecule is C=CCN(Cc1ccc(C#N)cc1)c1nc(C(F)(F)F)nn1C. The summed E-state index contributed by atoms with van der Waals surface area (Å²) in [6.45, 7) is 4.25. The molecule has 0 spiro atoms. The minimum Gasteiger partial charge on any atom is -0.333 e. The van der Waals surface area contributed by atoms with Gasteiger partial charge in [0.25, 0.3) is 5.82 Å². The van der Waals surface area contributed by atoms with E-state index in [9.17, 15) is 13.2 Å². The molecule has 0 atom stereocenters.